The van der Waals surface area contributed by atoms with Gasteiger partial charge in [0.25, 0.3) is 0 Å². The van der Waals surface area contributed by atoms with E-state index in [0.29, 0.717) is 6.42 Å². The predicted molar refractivity (Wildman–Crippen MR) is 104 cm³/mol. The number of hydrogen-bond acceptors (Lipinski definition) is 2. The molecule has 2 aromatic rings. The highest BCUT2D eigenvalue weighted by atomic mass is 79.9. The highest BCUT2D eigenvalue weighted by molar-refractivity contribution is 9.10. The third-order valence-corrected chi connectivity index (χ3v) is 5.51. The zero-order valence-electron chi connectivity index (χ0n) is 13.4. The molecule has 0 amide bonds. The van der Waals surface area contributed by atoms with E-state index >= 15 is 0 Å². The maximum atomic E-state index is 11.6. The molecule has 1 N–H and O–H groups in total. The van der Waals surface area contributed by atoms with Crippen molar-refractivity contribution in [2.45, 2.75) is 38.2 Å². The first kappa shape index (κ1) is 19.7. The van der Waals surface area contributed by atoms with Gasteiger partial charge in [0, 0.05) is 13.5 Å². The summed E-state index contributed by atoms with van der Waals surface area (Å²) in [5, 5.41) is 0. The van der Waals surface area contributed by atoms with Crippen LogP contribution in [-0.4, -0.2) is 4.89 Å². The molecule has 1 atom stereocenters. The number of unbranched alkanes of at least 4 members (excludes halogenated alkanes) is 2. The van der Waals surface area contributed by atoms with Gasteiger partial charge in [0.2, 0.25) is 0 Å². The Morgan fingerprint density at radius 1 is 0.958 bits per heavy atom. The molecule has 0 aliphatic carbocycles. The van der Waals surface area contributed by atoms with E-state index in [-0.39, 0.29) is 0 Å². The number of hydrogen-bond donors (Lipinski definition) is 1. The Morgan fingerprint density at radius 2 is 1.42 bits per heavy atom. The average molecular weight is 475 g/mol. The topological polar surface area (TPSA) is 46.5 Å². The van der Waals surface area contributed by atoms with Gasteiger partial charge in [-0.25, -0.2) is 0 Å². The highest BCUT2D eigenvalue weighted by Crippen LogP contribution is 2.44. The quantitative estimate of drug-likeness (QED) is 0.342. The minimum atomic E-state index is -2.75. The van der Waals surface area contributed by atoms with Gasteiger partial charge in [-0.2, -0.15) is 0 Å². The summed E-state index contributed by atoms with van der Waals surface area (Å²) in [5.41, 5.74) is 0.821. The van der Waals surface area contributed by atoms with Gasteiger partial charge in [0.1, 0.15) is 0 Å². The van der Waals surface area contributed by atoms with E-state index in [1.807, 2.05) is 48.5 Å². The maximum absolute atomic E-state index is 11.6. The van der Waals surface area contributed by atoms with Crippen LogP contribution < -0.4 is 0 Å². The monoisotopic (exact) mass is 473 g/mol. The van der Waals surface area contributed by atoms with Crippen molar-refractivity contribution in [1.29, 1.82) is 0 Å². The lowest BCUT2D eigenvalue weighted by Gasteiger charge is -2.29. The second-order valence-corrected chi connectivity index (χ2v) is 8.12. The summed E-state index contributed by atoms with van der Waals surface area (Å²) in [6.07, 6.45) is 3.67. The third-order valence-electron chi connectivity index (χ3n) is 3.99. The molecule has 0 fully saturated rings. The van der Waals surface area contributed by atoms with Gasteiger partial charge in [-0.05, 0) is 48.2 Å². The van der Waals surface area contributed by atoms with Crippen molar-refractivity contribution in [2.75, 3.05) is 0 Å². The zero-order valence-corrected chi connectivity index (χ0v) is 17.5. The van der Waals surface area contributed by atoms with E-state index < -0.39 is 13.9 Å². The lowest BCUT2D eigenvalue weighted by atomic mass is 9.82. The van der Waals surface area contributed by atoms with Crippen LogP contribution in [0.2, 0.25) is 0 Å². The predicted octanol–water partition coefficient (Wildman–Crippen LogP) is 6.70. The first-order valence-electron chi connectivity index (χ1n) is 7.85. The van der Waals surface area contributed by atoms with Gasteiger partial charge < -0.3 is 0 Å². The summed E-state index contributed by atoms with van der Waals surface area (Å²) in [5.74, 6) is 0. The molecule has 0 aromatic heterocycles. The molecule has 2 rings (SSSR count). The van der Waals surface area contributed by atoms with Crippen LogP contribution in [0.1, 0.15) is 43.7 Å². The van der Waals surface area contributed by atoms with Crippen LogP contribution in [0.25, 0.3) is 0 Å². The SMILES string of the molecule is CCCCCC(O[P+](=O)O)(c1ccc(Br)cc1)c1ccc(Br)cc1. The number of rotatable bonds is 8. The molecule has 3 nitrogen and oxygen atoms in total. The van der Waals surface area contributed by atoms with Gasteiger partial charge >= 0.3 is 8.25 Å². The smallest absolute Gasteiger partial charge is 0.133 e. The Morgan fingerprint density at radius 3 is 1.79 bits per heavy atom. The first-order valence-corrected chi connectivity index (χ1v) is 10.6. The van der Waals surface area contributed by atoms with Crippen molar-refractivity contribution in [3.63, 3.8) is 0 Å². The standard InChI is InChI=1S/C18H19Br2O3P/c1-2-3-4-13-18(23-24(21)22,14-5-9-16(19)10-6-14)15-7-11-17(20)12-8-15/h5-12H,2-4,13H2,1H3/p+1. The van der Waals surface area contributed by atoms with Crippen molar-refractivity contribution in [1.82, 2.24) is 0 Å². The molecule has 1 unspecified atom stereocenters. The zero-order chi connectivity index (χ0) is 17.6. The Balaban J connectivity index is 2.55. The Hall–Kier alpha value is -0.580. The van der Waals surface area contributed by atoms with Gasteiger partial charge in [0.15, 0.2) is 5.60 Å². The van der Waals surface area contributed by atoms with E-state index in [9.17, 15) is 9.46 Å². The van der Waals surface area contributed by atoms with Crippen LogP contribution in [0.15, 0.2) is 57.5 Å². The Kier molecular flexibility index (Phi) is 7.58. The van der Waals surface area contributed by atoms with Crippen LogP contribution in [0.5, 0.6) is 0 Å². The lowest BCUT2D eigenvalue weighted by molar-refractivity contribution is 0.0914. The molecule has 2 aromatic carbocycles. The van der Waals surface area contributed by atoms with Crippen LogP contribution >= 0.6 is 40.1 Å². The van der Waals surface area contributed by atoms with Crippen molar-refractivity contribution in [3.05, 3.63) is 68.6 Å². The van der Waals surface area contributed by atoms with Gasteiger partial charge in [0.05, 0.1) is 0 Å². The molecule has 0 saturated heterocycles. The minimum Gasteiger partial charge on any atom is -0.133 e. The first-order chi connectivity index (χ1) is 11.5. The largest absolute Gasteiger partial charge is 0.695 e. The molecule has 0 spiro atoms. The second-order valence-electron chi connectivity index (χ2n) is 5.63. The fourth-order valence-electron chi connectivity index (χ4n) is 2.80. The summed E-state index contributed by atoms with van der Waals surface area (Å²) in [6.45, 7) is 2.13. The van der Waals surface area contributed by atoms with Crippen LogP contribution in [0, 0.1) is 0 Å². The minimum absolute atomic E-state index is 0.645. The van der Waals surface area contributed by atoms with Gasteiger partial charge in [-0.1, -0.05) is 75.9 Å². The summed E-state index contributed by atoms with van der Waals surface area (Å²) in [7, 11) is -2.75. The molecule has 128 valence electrons. The molecule has 0 saturated carbocycles. The fraction of sp³-hybridized carbons (Fsp3) is 0.333. The molecule has 0 aliphatic heterocycles. The van der Waals surface area contributed by atoms with E-state index in [0.717, 1.165) is 39.3 Å². The number of benzene rings is 2. The molecule has 0 bridgehead atoms. The van der Waals surface area contributed by atoms with Gasteiger partial charge in [-0.3, -0.25) is 0 Å². The molecular formula is C18H20Br2O3P+. The van der Waals surface area contributed by atoms with Crippen LogP contribution in [0.4, 0.5) is 0 Å². The Bertz CT molecular complexity index is 626. The van der Waals surface area contributed by atoms with Crippen molar-refractivity contribution >= 4 is 40.1 Å². The Labute approximate surface area is 160 Å². The summed E-state index contributed by atoms with van der Waals surface area (Å²) < 4.78 is 19.2. The molecule has 24 heavy (non-hydrogen) atoms. The van der Waals surface area contributed by atoms with Crippen LogP contribution in [-0.2, 0) is 14.7 Å². The normalized spacial score (nSPS) is 12.2. The second kappa shape index (κ2) is 9.21. The molecule has 6 heteroatoms. The van der Waals surface area contributed by atoms with E-state index in [2.05, 4.69) is 38.8 Å². The molecular weight excluding hydrogens is 455 g/mol. The van der Waals surface area contributed by atoms with Crippen LogP contribution in [0.3, 0.4) is 0 Å². The maximum Gasteiger partial charge on any atom is 0.695 e. The van der Waals surface area contributed by atoms with Crippen molar-refractivity contribution < 1.29 is 14.0 Å². The fourth-order valence-corrected chi connectivity index (χ4v) is 3.90. The summed E-state index contributed by atoms with van der Waals surface area (Å²) in [6, 6.07) is 15.5. The molecule has 0 aliphatic rings. The van der Waals surface area contributed by atoms with Crippen molar-refractivity contribution in [2.24, 2.45) is 0 Å². The van der Waals surface area contributed by atoms with E-state index in [1.165, 1.54) is 0 Å². The van der Waals surface area contributed by atoms with E-state index in [1.54, 1.807) is 0 Å². The van der Waals surface area contributed by atoms with Gasteiger partial charge in [-0.15, -0.1) is 9.42 Å². The summed E-state index contributed by atoms with van der Waals surface area (Å²) in [4.78, 5) is 9.54. The third kappa shape index (κ3) is 4.96. The molecule has 0 radical (unpaired) electrons. The van der Waals surface area contributed by atoms with Crippen molar-refractivity contribution in [3.8, 4) is 0 Å². The number of halogens is 2. The lowest BCUT2D eigenvalue weighted by Crippen LogP contribution is -2.29. The molecule has 0 heterocycles. The van der Waals surface area contributed by atoms with E-state index in [4.69, 9.17) is 4.52 Å². The average Bonchev–Trinajstić information content (AvgIpc) is 2.55. The highest BCUT2D eigenvalue weighted by Gasteiger charge is 2.43. The summed E-state index contributed by atoms with van der Waals surface area (Å²) >= 11 is 6.88.